The monoisotopic (exact) mass is 495 g/mol. The van der Waals surface area contributed by atoms with Crippen molar-refractivity contribution in [3.05, 3.63) is 35.8 Å². The molecule has 1 saturated heterocycles. The lowest BCUT2D eigenvalue weighted by Crippen LogP contribution is -2.32. The number of aromatic nitrogens is 2. The molecule has 0 radical (unpaired) electrons. The molecule has 1 N–H and O–H groups in total. The molecule has 2 aromatic rings. The highest BCUT2D eigenvalue weighted by Crippen LogP contribution is 2.49. The zero-order valence-corrected chi connectivity index (χ0v) is 22.6. The number of rotatable bonds is 8. The molecule has 1 saturated carbocycles. The normalized spacial score (nSPS) is 18.2. The van der Waals surface area contributed by atoms with Crippen molar-refractivity contribution in [1.82, 2.24) is 9.97 Å². The molecule has 1 aliphatic carbocycles. The van der Waals surface area contributed by atoms with Crippen molar-refractivity contribution in [3.63, 3.8) is 0 Å². The molecule has 7 heteroatoms. The van der Waals surface area contributed by atoms with Crippen molar-refractivity contribution in [2.45, 2.75) is 85.4 Å². The van der Waals surface area contributed by atoms with Crippen LogP contribution in [0.15, 0.2) is 24.5 Å². The van der Waals surface area contributed by atoms with Crippen LogP contribution in [0.3, 0.4) is 0 Å². The predicted molar refractivity (Wildman–Crippen MR) is 141 cm³/mol. The second kappa shape index (κ2) is 10.4. The van der Waals surface area contributed by atoms with Crippen molar-refractivity contribution in [1.29, 1.82) is 0 Å². The maximum atomic E-state index is 12.6. The summed E-state index contributed by atoms with van der Waals surface area (Å²) in [5, 5.41) is 10.3. The first-order chi connectivity index (χ1) is 17.0. The highest BCUT2D eigenvalue weighted by atomic mass is 16.5. The first-order valence-electron chi connectivity index (χ1n) is 13.2. The molecule has 1 aliphatic heterocycles. The van der Waals surface area contributed by atoms with Gasteiger partial charge in [0.05, 0.1) is 29.8 Å². The molecule has 0 aromatic carbocycles. The third-order valence-electron chi connectivity index (χ3n) is 7.26. The Morgan fingerprint density at radius 3 is 2.44 bits per heavy atom. The van der Waals surface area contributed by atoms with Crippen LogP contribution in [0.2, 0.25) is 0 Å². The largest absolute Gasteiger partial charge is 0.492 e. The molecule has 196 valence electrons. The van der Waals surface area contributed by atoms with Crippen LogP contribution in [-0.2, 0) is 9.53 Å². The number of nitrogens with zero attached hydrogens (tertiary/aromatic N) is 3. The van der Waals surface area contributed by atoms with E-state index in [-0.39, 0.29) is 0 Å². The lowest BCUT2D eigenvalue weighted by molar-refractivity contribution is -0.160. The SMILES string of the molecule is Cc1ncc(-c2ccc(OCC(C)C)cn2)c(N2CCC3(CCCC3)C2)c1[C@H](OC(C)(C)C)C(=O)O. The molecular weight excluding hydrogens is 454 g/mol. The van der Waals surface area contributed by atoms with E-state index in [0.717, 1.165) is 42.2 Å². The summed E-state index contributed by atoms with van der Waals surface area (Å²) in [7, 11) is 0. The van der Waals surface area contributed by atoms with Crippen LogP contribution in [0.5, 0.6) is 5.75 Å². The molecule has 7 nitrogen and oxygen atoms in total. The molecule has 0 amide bonds. The van der Waals surface area contributed by atoms with Gasteiger partial charge in [-0.2, -0.15) is 0 Å². The maximum absolute atomic E-state index is 12.6. The van der Waals surface area contributed by atoms with Crippen LogP contribution in [0.4, 0.5) is 5.69 Å². The van der Waals surface area contributed by atoms with E-state index in [1.54, 1.807) is 6.20 Å². The maximum Gasteiger partial charge on any atom is 0.337 e. The molecule has 2 fully saturated rings. The first-order valence-corrected chi connectivity index (χ1v) is 13.2. The number of anilines is 1. The Labute approximate surface area is 215 Å². The number of pyridine rings is 2. The lowest BCUT2D eigenvalue weighted by Gasteiger charge is -2.32. The van der Waals surface area contributed by atoms with Gasteiger partial charge in [0.25, 0.3) is 0 Å². The highest BCUT2D eigenvalue weighted by molar-refractivity contribution is 5.85. The van der Waals surface area contributed by atoms with E-state index in [0.29, 0.717) is 29.2 Å². The molecule has 2 aromatic heterocycles. The molecule has 1 atom stereocenters. The lowest BCUT2D eigenvalue weighted by atomic mass is 9.85. The third kappa shape index (κ3) is 5.83. The highest BCUT2D eigenvalue weighted by Gasteiger charge is 2.43. The van der Waals surface area contributed by atoms with E-state index >= 15 is 0 Å². The van der Waals surface area contributed by atoms with Crippen molar-refractivity contribution in [3.8, 4) is 17.0 Å². The Hall–Kier alpha value is -2.67. The summed E-state index contributed by atoms with van der Waals surface area (Å²) in [5.41, 5.74) is 3.48. The second-order valence-electron chi connectivity index (χ2n) is 11.9. The Morgan fingerprint density at radius 2 is 1.86 bits per heavy atom. The summed E-state index contributed by atoms with van der Waals surface area (Å²) >= 11 is 0. The zero-order chi connectivity index (χ0) is 26.1. The van der Waals surface area contributed by atoms with E-state index in [4.69, 9.17) is 14.5 Å². The van der Waals surface area contributed by atoms with E-state index < -0.39 is 17.7 Å². The fourth-order valence-electron chi connectivity index (χ4n) is 5.58. The predicted octanol–water partition coefficient (Wildman–Crippen LogP) is 6.20. The summed E-state index contributed by atoms with van der Waals surface area (Å²) in [5.74, 6) is 0.141. The van der Waals surface area contributed by atoms with Crippen molar-refractivity contribution < 1.29 is 19.4 Å². The Bertz CT molecular complexity index is 1070. The standard InChI is InChI=1S/C29H41N3O4/c1-19(2)17-35-21-9-10-23(31-15-21)22-16-30-20(3)24(26(27(33)34)36-28(4,5)6)25(22)32-14-13-29(18-32)11-7-8-12-29/h9-10,15-16,19,26H,7-8,11-14,17-18H2,1-6H3,(H,33,34)/t26-/m0/s1. The summed E-state index contributed by atoms with van der Waals surface area (Å²) in [4.78, 5) is 24.3. The average molecular weight is 496 g/mol. The van der Waals surface area contributed by atoms with Gasteiger partial charge in [-0.25, -0.2) is 4.79 Å². The molecule has 3 heterocycles. The smallest absolute Gasteiger partial charge is 0.337 e. The number of ether oxygens (including phenoxy) is 2. The zero-order valence-electron chi connectivity index (χ0n) is 22.6. The number of aliphatic carboxylic acids is 1. The summed E-state index contributed by atoms with van der Waals surface area (Å²) in [6, 6.07) is 3.87. The van der Waals surface area contributed by atoms with Crippen LogP contribution in [0.1, 0.15) is 84.1 Å². The van der Waals surface area contributed by atoms with Crippen LogP contribution in [-0.4, -0.2) is 46.3 Å². The minimum atomic E-state index is -1.12. The van der Waals surface area contributed by atoms with Crippen molar-refractivity contribution in [2.75, 3.05) is 24.6 Å². The molecule has 0 bridgehead atoms. The fraction of sp³-hybridized carbons (Fsp3) is 0.621. The molecule has 1 spiro atoms. The number of carbonyl (C=O) groups is 1. The van der Waals surface area contributed by atoms with Crippen LogP contribution in [0.25, 0.3) is 11.3 Å². The van der Waals surface area contributed by atoms with E-state index in [1.165, 1.54) is 25.7 Å². The van der Waals surface area contributed by atoms with Gasteiger partial charge in [-0.1, -0.05) is 26.7 Å². The molecule has 0 unspecified atom stereocenters. The van der Waals surface area contributed by atoms with Gasteiger partial charge in [-0.15, -0.1) is 0 Å². The second-order valence-corrected chi connectivity index (χ2v) is 11.9. The van der Waals surface area contributed by atoms with Crippen molar-refractivity contribution >= 4 is 11.7 Å². The number of hydrogen-bond acceptors (Lipinski definition) is 6. The number of carboxylic acids is 1. The van der Waals surface area contributed by atoms with Crippen LogP contribution < -0.4 is 9.64 Å². The van der Waals surface area contributed by atoms with Gasteiger partial charge in [0.1, 0.15) is 5.75 Å². The molecule has 4 rings (SSSR count). The molecule has 2 aliphatic rings. The van der Waals surface area contributed by atoms with Gasteiger partial charge in [-0.3, -0.25) is 9.97 Å². The third-order valence-corrected chi connectivity index (χ3v) is 7.26. The van der Waals surface area contributed by atoms with Crippen LogP contribution in [0, 0.1) is 18.3 Å². The van der Waals surface area contributed by atoms with E-state index in [2.05, 4.69) is 23.7 Å². The Balaban J connectivity index is 1.81. The minimum Gasteiger partial charge on any atom is -0.492 e. The molecular formula is C29H41N3O4. The van der Waals surface area contributed by atoms with Gasteiger partial charge in [-0.05, 0) is 70.4 Å². The van der Waals surface area contributed by atoms with Gasteiger partial charge in [0.15, 0.2) is 6.10 Å². The van der Waals surface area contributed by atoms with Gasteiger partial charge < -0.3 is 19.5 Å². The van der Waals surface area contributed by atoms with Gasteiger partial charge >= 0.3 is 5.97 Å². The van der Waals surface area contributed by atoms with E-state index in [1.807, 2.05) is 46.0 Å². The number of hydrogen-bond donors (Lipinski definition) is 1. The Kier molecular flexibility index (Phi) is 7.60. The van der Waals surface area contributed by atoms with Gasteiger partial charge in [0, 0.05) is 36.1 Å². The van der Waals surface area contributed by atoms with Crippen LogP contribution >= 0.6 is 0 Å². The summed E-state index contributed by atoms with van der Waals surface area (Å²) in [6.45, 7) is 14.2. The first kappa shape index (κ1) is 26.4. The summed E-state index contributed by atoms with van der Waals surface area (Å²) < 4.78 is 12.0. The van der Waals surface area contributed by atoms with Crippen molar-refractivity contribution in [2.24, 2.45) is 11.3 Å². The quantitative estimate of drug-likeness (QED) is 0.467. The molecule has 36 heavy (non-hydrogen) atoms. The fourth-order valence-corrected chi connectivity index (χ4v) is 5.58. The summed E-state index contributed by atoms with van der Waals surface area (Å²) in [6.07, 6.45) is 8.59. The van der Waals surface area contributed by atoms with Gasteiger partial charge in [0.2, 0.25) is 0 Å². The van der Waals surface area contributed by atoms with E-state index in [9.17, 15) is 9.90 Å². The average Bonchev–Trinajstić information content (AvgIpc) is 3.45. The topological polar surface area (TPSA) is 84.8 Å². The minimum absolute atomic E-state index is 0.317. The number of aryl methyl sites for hydroxylation is 1. The Morgan fingerprint density at radius 1 is 1.14 bits per heavy atom. The number of carboxylic acid groups (broad SMARTS) is 1.